The molecule has 1 heterocycles. The molecule has 1 fully saturated rings. The number of anilines is 2. The second-order valence-corrected chi connectivity index (χ2v) is 5.00. The van der Waals surface area contributed by atoms with Gasteiger partial charge in [0.05, 0.1) is 6.10 Å². The number of ketones is 1. The van der Waals surface area contributed by atoms with E-state index in [1.165, 1.54) is 0 Å². The Morgan fingerprint density at radius 2 is 2.32 bits per heavy atom. The molecule has 2 N–H and O–H groups in total. The lowest BCUT2D eigenvalue weighted by Crippen LogP contribution is -2.32. The third-order valence-corrected chi connectivity index (χ3v) is 3.61. The molecule has 1 aliphatic heterocycles. The van der Waals surface area contributed by atoms with Gasteiger partial charge < -0.3 is 15.4 Å². The van der Waals surface area contributed by atoms with Crippen LogP contribution in [0.15, 0.2) is 18.2 Å². The number of carbonyl (C=O) groups excluding carboxylic acids is 1. The standard InChI is InChI=1S/C15H22N2O2/c1-3-17(10-13-5-4-8-19-13)12-6-7-15(16)14(9-12)11(2)18/h6-7,9,13H,3-5,8,10,16H2,1-2H3. The van der Waals surface area contributed by atoms with Gasteiger partial charge in [-0.2, -0.15) is 0 Å². The van der Waals surface area contributed by atoms with Gasteiger partial charge in [0.1, 0.15) is 0 Å². The fraction of sp³-hybridized carbons (Fsp3) is 0.533. The van der Waals surface area contributed by atoms with Crippen molar-refractivity contribution >= 4 is 17.2 Å². The van der Waals surface area contributed by atoms with Gasteiger partial charge in [0, 0.05) is 36.6 Å². The Morgan fingerprint density at radius 1 is 1.53 bits per heavy atom. The number of ether oxygens (including phenoxy) is 1. The smallest absolute Gasteiger partial charge is 0.161 e. The number of nitrogens with two attached hydrogens (primary N) is 1. The lowest BCUT2D eigenvalue weighted by atomic mass is 10.1. The first-order valence-electron chi connectivity index (χ1n) is 6.88. The van der Waals surface area contributed by atoms with Gasteiger partial charge >= 0.3 is 0 Å². The first kappa shape index (κ1) is 13.9. The summed E-state index contributed by atoms with van der Waals surface area (Å²) < 4.78 is 5.67. The molecular formula is C15H22N2O2. The maximum absolute atomic E-state index is 11.6. The zero-order chi connectivity index (χ0) is 13.8. The highest BCUT2D eigenvalue weighted by atomic mass is 16.5. The third-order valence-electron chi connectivity index (χ3n) is 3.61. The van der Waals surface area contributed by atoms with Crippen LogP contribution < -0.4 is 10.6 Å². The van der Waals surface area contributed by atoms with E-state index in [9.17, 15) is 4.79 Å². The molecule has 1 saturated heterocycles. The molecule has 1 aliphatic rings. The molecule has 0 radical (unpaired) electrons. The number of nitrogens with zero attached hydrogens (tertiary/aromatic N) is 1. The van der Waals surface area contributed by atoms with Crippen LogP contribution in [0, 0.1) is 0 Å². The Balaban J connectivity index is 2.17. The van der Waals surface area contributed by atoms with Crippen molar-refractivity contribution in [1.82, 2.24) is 0 Å². The van der Waals surface area contributed by atoms with E-state index in [0.29, 0.717) is 17.4 Å². The number of hydrogen-bond donors (Lipinski definition) is 1. The molecule has 1 aromatic carbocycles. The SMILES string of the molecule is CCN(CC1CCCO1)c1ccc(N)c(C(C)=O)c1. The fourth-order valence-electron chi connectivity index (χ4n) is 2.50. The molecule has 0 aliphatic carbocycles. The quantitative estimate of drug-likeness (QED) is 0.654. The Kier molecular flexibility index (Phi) is 4.43. The van der Waals surface area contributed by atoms with Crippen LogP contribution in [0.5, 0.6) is 0 Å². The highest BCUT2D eigenvalue weighted by molar-refractivity contribution is 6.00. The van der Waals surface area contributed by atoms with Crippen LogP contribution in [0.3, 0.4) is 0 Å². The summed E-state index contributed by atoms with van der Waals surface area (Å²) in [7, 11) is 0. The molecule has 19 heavy (non-hydrogen) atoms. The van der Waals surface area contributed by atoms with Gasteiger partial charge in [-0.1, -0.05) is 0 Å². The summed E-state index contributed by atoms with van der Waals surface area (Å²) in [4.78, 5) is 13.8. The van der Waals surface area contributed by atoms with Crippen molar-refractivity contribution in [3.05, 3.63) is 23.8 Å². The van der Waals surface area contributed by atoms with Crippen molar-refractivity contribution in [3.8, 4) is 0 Å². The molecule has 1 unspecified atom stereocenters. The molecule has 104 valence electrons. The van der Waals surface area contributed by atoms with Crippen LogP contribution in [-0.2, 0) is 4.74 Å². The van der Waals surface area contributed by atoms with Crippen molar-refractivity contribution in [2.24, 2.45) is 0 Å². The zero-order valence-electron chi connectivity index (χ0n) is 11.7. The van der Waals surface area contributed by atoms with Crippen molar-refractivity contribution in [2.45, 2.75) is 32.8 Å². The van der Waals surface area contributed by atoms with E-state index in [1.807, 2.05) is 18.2 Å². The van der Waals surface area contributed by atoms with Crippen LogP contribution in [0.1, 0.15) is 37.0 Å². The highest BCUT2D eigenvalue weighted by Gasteiger charge is 2.19. The fourth-order valence-corrected chi connectivity index (χ4v) is 2.50. The van der Waals surface area contributed by atoms with E-state index < -0.39 is 0 Å². The second kappa shape index (κ2) is 6.06. The van der Waals surface area contributed by atoms with Gasteiger partial charge in [-0.05, 0) is 44.9 Å². The number of rotatable bonds is 5. The van der Waals surface area contributed by atoms with E-state index in [0.717, 1.165) is 38.2 Å². The minimum absolute atomic E-state index is 0.00696. The highest BCUT2D eigenvalue weighted by Crippen LogP contribution is 2.23. The van der Waals surface area contributed by atoms with Gasteiger partial charge in [0.2, 0.25) is 0 Å². The van der Waals surface area contributed by atoms with Crippen molar-refractivity contribution in [2.75, 3.05) is 30.3 Å². The predicted octanol–water partition coefficient (Wildman–Crippen LogP) is 2.48. The largest absolute Gasteiger partial charge is 0.398 e. The average molecular weight is 262 g/mol. The van der Waals surface area contributed by atoms with Crippen molar-refractivity contribution in [1.29, 1.82) is 0 Å². The minimum Gasteiger partial charge on any atom is -0.398 e. The number of benzene rings is 1. The number of hydrogen-bond acceptors (Lipinski definition) is 4. The number of likely N-dealkylation sites (N-methyl/N-ethyl adjacent to an activating group) is 1. The van der Waals surface area contributed by atoms with Gasteiger partial charge in [0.25, 0.3) is 0 Å². The molecule has 0 amide bonds. The Morgan fingerprint density at radius 3 is 2.89 bits per heavy atom. The molecule has 0 saturated carbocycles. The average Bonchev–Trinajstić information content (AvgIpc) is 2.89. The molecule has 4 nitrogen and oxygen atoms in total. The lowest BCUT2D eigenvalue weighted by molar-refractivity contribution is 0.101. The topological polar surface area (TPSA) is 55.6 Å². The van der Waals surface area contributed by atoms with E-state index in [1.54, 1.807) is 6.92 Å². The summed E-state index contributed by atoms with van der Waals surface area (Å²) in [5.41, 5.74) is 8.02. The summed E-state index contributed by atoms with van der Waals surface area (Å²) in [5.74, 6) is 0.00696. The third kappa shape index (κ3) is 3.26. The molecule has 2 rings (SSSR count). The van der Waals surface area contributed by atoms with Gasteiger partial charge in [0.15, 0.2) is 5.78 Å². The molecular weight excluding hydrogens is 240 g/mol. The maximum atomic E-state index is 11.6. The van der Waals surface area contributed by atoms with Crippen LogP contribution in [-0.4, -0.2) is 31.6 Å². The number of carbonyl (C=O) groups is 1. The Bertz CT molecular complexity index is 453. The van der Waals surface area contributed by atoms with Crippen LogP contribution in [0.2, 0.25) is 0 Å². The number of Topliss-reactive ketones (excluding diaryl/α,β-unsaturated/α-hetero) is 1. The molecule has 1 atom stereocenters. The number of nitrogen functional groups attached to an aromatic ring is 1. The van der Waals surface area contributed by atoms with Gasteiger partial charge in [-0.15, -0.1) is 0 Å². The van der Waals surface area contributed by atoms with Crippen molar-refractivity contribution in [3.63, 3.8) is 0 Å². The summed E-state index contributed by atoms with van der Waals surface area (Å²) in [6.45, 7) is 6.28. The summed E-state index contributed by atoms with van der Waals surface area (Å²) >= 11 is 0. The van der Waals surface area contributed by atoms with Crippen LogP contribution in [0.4, 0.5) is 11.4 Å². The molecule has 4 heteroatoms. The first-order chi connectivity index (χ1) is 9.11. The molecule has 0 spiro atoms. The van der Waals surface area contributed by atoms with Gasteiger partial charge in [-0.3, -0.25) is 4.79 Å². The summed E-state index contributed by atoms with van der Waals surface area (Å²) in [6, 6.07) is 5.67. The molecule has 0 aromatic heterocycles. The van der Waals surface area contributed by atoms with E-state index in [4.69, 9.17) is 10.5 Å². The van der Waals surface area contributed by atoms with Crippen LogP contribution in [0.25, 0.3) is 0 Å². The molecule has 1 aromatic rings. The lowest BCUT2D eigenvalue weighted by Gasteiger charge is -2.26. The monoisotopic (exact) mass is 262 g/mol. The van der Waals surface area contributed by atoms with Crippen molar-refractivity contribution < 1.29 is 9.53 Å². The van der Waals surface area contributed by atoms with E-state index in [-0.39, 0.29) is 5.78 Å². The Hall–Kier alpha value is -1.55. The van der Waals surface area contributed by atoms with Crippen LogP contribution >= 0.6 is 0 Å². The normalized spacial score (nSPS) is 18.5. The van der Waals surface area contributed by atoms with Gasteiger partial charge in [-0.25, -0.2) is 0 Å². The van der Waals surface area contributed by atoms with E-state index in [2.05, 4.69) is 11.8 Å². The Labute approximate surface area is 114 Å². The minimum atomic E-state index is 0.00696. The van der Waals surface area contributed by atoms with E-state index >= 15 is 0 Å². The molecule has 0 bridgehead atoms. The zero-order valence-corrected chi connectivity index (χ0v) is 11.7. The predicted molar refractivity (Wildman–Crippen MR) is 77.7 cm³/mol. The summed E-state index contributed by atoms with van der Waals surface area (Å²) in [5, 5.41) is 0. The summed E-state index contributed by atoms with van der Waals surface area (Å²) in [6.07, 6.45) is 2.56. The maximum Gasteiger partial charge on any atom is 0.161 e. The second-order valence-electron chi connectivity index (χ2n) is 5.00. The first-order valence-corrected chi connectivity index (χ1v) is 6.88.